The van der Waals surface area contributed by atoms with Gasteiger partial charge in [0.25, 0.3) is 5.56 Å². The summed E-state index contributed by atoms with van der Waals surface area (Å²) < 4.78 is 19.0. The van der Waals surface area contributed by atoms with Gasteiger partial charge in [0.15, 0.2) is 11.5 Å². The average molecular weight is 478 g/mol. The zero-order chi connectivity index (χ0) is 23.5. The smallest absolute Gasteiger partial charge is 0.274 e. The number of likely N-dealkylation sites (tertiary alicyclic amines) is 1. The molecule has 7 nitrogen and oxygen atoms in total. The van der Waals surface area contributed by atoms with Crippen LogP contribution in [0.4, 0.5) is 0 Å². The molecule has 1 aliphatic heterocycles. The number of benzene rings is 2. The summed E-state index contributed by atoms with van der Waals surface area (Å²) in [5, 5.41) is 0.798. The topological polar surface area (TPSA) is 65.8 Å². The van der Waals surface area contributed by atoms with Crippen molar-refractivity contribution in [3.8, 4) is 33.5 Å². The molecule has 5 rings (SSSR count). The third-order valence-corrected chi connectivity index (χ3v) is 7.18. The number of thiazole rings is 1. The van der Waals surface area contributed by atoms with Gasteiger partial charge in [0.2, 0.25) is 0 Å². The summed E-state index contributed by atoms with van der Waals surface area (Å²) in [6.07, 6.45) is 4.28. The molecule has 1 aliphatic rings. The van der Waals surface area contributed by atoms with Gasteiger partial charge in [-0.05, 0) is 68.4 Å². The lowest BCUT2D eigenvalue weighted by Crippen LogP contribution is -2.25. The van der Waals surface area contributed by atoms with E-state index < -0.39 is 0 Å². The normalized spacial score (nSPS) is 13.9. The highest BCUT2D eigenvalue weighted by Crippen LogP contribution is 2.32. The Hall–Kier alpha value is -3.36. The summed E-state index contributed by atoms with van der Waals surface area (Å²) in [5.74, 6) is 2.07. The summed E-state index contributed by atoms with van der Waals surface area (Å²) in [5.41, 5.74) is 2.24. The fourth-order valence-corrected chi connectivity index (χ4v) is 5.19. The highest BCUT2D eigenvalue weighted by Gasteiger charge is 2.15. The van der Waals surface area contributed by atoms with Crippen LogP contribution in [0.15, 0.2) is 59.5 Å². The Morgan fingerprint density at radius 1 is 0.971 bits per heavy atom. The lowest BCUT2D eigenvalue weighted by Gasteiger charge is -2.17. The van der Waals surface area contributed by atoms with Gasteiger partial charge in [0, 0.05) is 24.4 Å². The molecule has 0 spiro atoms. The molecule has 0 unspecified atom stereocenters. The van der Waals surface area contributed by atoms with Crippen LogP contribution < -0.4 is 19.8 Å². The van der Waals surface area contributed by atoms with Gasteiger partial charge in [0.1, 0.15) is 22.1 Å². The fourth-order valence-electron chi connectivity index (χ4n) is 4.20. The Balaban J connectivity index is 1.40. The molecular weight excluding hydrogens is 450 g/mol. The monoisotopic (exact) mass is 477 g/mol. The van der Waals surface area contributed by atoms with Crippen molar-refractivity contribution in [1.82, 2.24) is 14.5 Å². The van der Waals surface area contributed by atoms with E-state index in [9.17, 15) is 4.79 Å². The molecule has 176 valence electrons. The van der Waals surface area contributed by atoms with Gasteiger partial charge < -0.3 is 14.2 Å². The van der Waals surface area contributed by atoms with Crippen LogP contribution in [0, 0.1) is 0 Å². The molecule has 2 aromatic carbocycles. The van der Waals surface area contributed by atoms with Crippen molar-refractivity contribution in [2.75, 3.05) is 40.5 Å². The molecule has 0 amide bonds. The third-order valence-electron chi connectivity index (χ3n) is 6.07. The predicted molar refractivity (Wildman–Crippen MR) is 135 cm³/mol. The lowest BCUT2D eigenvalue weighted by molar-refractivity contribution is 0.230. The third kappa shape index (κ3) is 4.51. The largest absolute Gasteiger partial charge is 0.497 e. The SMILES string of the molecule is COc1ccc(-c2nc3ccn(-c4ccc(OCCN5CCCC5)c(OC)c4)c(=O)c3s2)cc1. The summed E-state index contributed by atoms with van der Waals surface area (Å²) in [6.45, 7) is 3.80. The minimum Gasteiger partial charge on any atom is -0.497 e. The van der Waals surface area contributed by atoms with Crippen LogP contribution in [0.1, 0.15) is 12.8 Å². The summed E-state index contributed by atoms with van der Waals surface area (Å²) in [7, 11) is 3.25. The van der Waals surface area contributed by atoms with Crippen LogP contribution in [-0.2, 0) is 0 Å². The average Bonchev–Trinajstić information content (AvgIpc) is 3.55. The van der Waals surface area contributed by atoms with E-state index >= 15 is 0 Å². The van der Waals surface area contributed by atoms with Crippen LogP contribution in [0.25, 0.3) is 26.5 Å². The van der Waals surface area contributed by atoms with Crippen molar-refractivity contribution in [3.63, 3.8) is 0 Å². The number of nitrogens with zero attached hydrogens (tertiary/aromatic N) is 3. The summed E-state index contributed by atoms with van der Waals surface area (Å²) in [4.78, 5) is 20.4. The van der Waals surface area contributed by atoms with E-state index in [1.807, 2.05) is 48.5 Å². The lowest BCUT2D eigenvalue weighted by atomic mass is 10.2. The second-order valence-corrected chi connectivity index (χ2v) is 9.18. The van der Waals surface area contributed by atoms with Gasteiger partial charge in [-0.1, -0.05) is 0 Å². The molecule has 0 saturated carbocycles. The van der Waals surface area contributed by atoms with Crippen LogP contribution in [0.5, 0.6) is 17.2 Å². The van der Waals surface area contributed by atoms with Crippen LogP contribution in [0.3, 0.4) is 0 Å². The number of hydrogen-bond acceptors (Lipinski definition) is 7. The first-order chi connectivity index (χ1) is 16.7. The van der Waals surface area contributed by atoms with E-state index in [4.69, 9.17) is 14.2 Å². The molecule has 8 heteroatoms. The number of rotatable bonds is 8. The Kier molecular flexibility index (Phi) is 6.51. The Bertz CT molecular complexity index is 1340. The van der Waals surface area contributed by atoms with Gasteiger partial charge in [-0.2, -0.15) is 0 Å². The Morgan fingerprint density at radius 2 is 1.76 bits per heavy atom. The second-order valence-electron chi connectivity index (χ2n) is 8.19. The number of methoxy groups -OCH3 is 2. The van der Waals surface area contributed by atoms with E-state index in [0.29, 0.717) is 28.3 Å². The number of fused-ring (bicyclic) bond motifs is 1. The second kappa shape index (κ2) is 9.87. The maximum Gasteiger partial charge on any atom is 0.274 e. The Morgan fingerprint density at radius 3 is 2.50 bits per heavy atom. The van der Waals surface area contributed by atoms with Crippen molar-refractivity contribution in [2.24, 2.45) is 0 Å². The van der Waals surface area contributed by atoms with E-state index in [1.165, 1.54) is 24.2 Å². The molecule has 4 aromatic rings. The van der Waals surface area contributed by atoms with Crippen molar-refractivity contribution >= 4 is 21.6 Å². The fraction of sp³-hybridized carbons (Fsp3) is 0.308. The van der Waals surface area contributed by atoms with Crippen molar-refractivity contribution in [3.05, 3.63) is 65.1 Å². The van der Waals surface area contributed by atoms with E-state index in [-0.39, 0.29) is 5.56 Å². The zero-order valence-corrected chi connectivity index (χ0v) is 20.1. The highest BCUT2D eigenvalue weighted by atomic mass is 32.1. The summed E-state index contributed by atoms with van der Waals surface area (Å²) in [6, 6.07) is 15.1. The maximum absolute atomic E-state index is 13.3. The molecule has 0 bridgehead atoms. The molecule has 2 aromatic heterocycles. The van der Waals surface area contributed by atoms with E-state index in [1.54, 1.807) is 25.0 Å². The number of hydrogen-bond donors (Lipinski definition) is 0. The minimum atomic E-state index is -0.112. The Labute approximate surface area is 202 Å². The van der Waals surface area contributed by atoms with Crippen molar-refractivity contribution < 1.29 is 14.2 Å². The molecule has 0 atom stereocenters. The molecule has 0 N–H and O–H groups in total. The molecular formula is C26H27N3O4S. The van der Waals surface area contributed by atoms with Gasteiger partial charge in [-0.25, -0.2) is 4.98 Å². The molecule has 1 saturated heterocycles. The van der Waals surface area contributed by atoms with E-state index in [2.05, 4.69) is 9.88 Å². The predicted octanol–water partition coefficient (Wildman–Crippen LogP) is 4.61. The number of ether oxygens (including phenoxy) is 3. The molecule has 1 fully saturated rings. The first-order valence-corrected chi connectivity index (χ1v) is 12.2. The van der Waals surface area contributed by atoms with Gasteiger partial charge in [-0.3, -0.25) is 14.3 Å². The van der Waals surface area contributed by atoms with Gasteiger partial charge in [0.05, 0.1) is 25.4 Å². The molecule has 3 heterocycles. The molecule has 0 aliphatic carbocycles. The molecule has 34 heavy (non-hydrogen) atoms. The highest BCUT2D eigenvalue weighted by molar-refractivity contribution is 7.21. The first kappa shape index (κ1) is 22.4. The first-order valence-electron chi connectivity index (χ1n) is 11.4. The van der Waals surface area contributed by atoms with Crippen LogP contribution in [0.2, 0.25) is 0 Å². The van der Waals surface area contributed by atoms with Gasteiger partial charge in [-0.15, -0.1) is 11.3 Å². The number of aromatic nitrogens is 2. The molecule has 0 radical (unpaired) electrons. The van der Waals surface area contributed by atoms with Crippen molar-refractivity contribution in [2.45, 2.75) is 12.8 Å². The van der Waals surface area contributed by atoms with E-state index in [0.717, 1.165) is 41.6 Å². The van der Waals surface area contributed by atoms with Crippen LogP contribution in [-0.4, -0.2) is 54.9 Å². The zero-order valence-electron chi connectivity index (χ0n) is 19.3. The van der Waals surface area contributed by atoms with Crippen molar-refractivity contribution in [1.29, 1.82) is 0 Å². The van der Waals surface area contributed by atoms with Gasteiger partial charge >= 0.3 is 0 Å². The summed E-state index contributed by atoms with van der Waals surface area (Å²) >= 11 is 1.39. The quantitative estimate of drug-likeness (QED) is 0.369. The standard InChI is InChI=1S/C26H27N3O4S/c1-31-20-8-5-18(6-9-20)25-27-21-11-14-29(26(30)24(21)34-25)19-7-10-22(23(17-19)32-2)33-16-15-28-12-3-4-13-28/h5-11,14,17H,3-4,12-13,15-16H2,1-2H3. The maximum atomic E-state index is 13.3. The van der Waals surface area contributed by atoms with Crippen LogP contribution >= 0.6 is 11.3 Å². The minimum absolute atomic E-state index is 0.112. The number of pyridine rings is 1.